The number of hydrogen-bond donors (Lipinski definition) is 0. The van der Waals surface area contributed by atoms with Crippen LogP contribution >= 0.6 is 0 Å². The molecule has 0 bridgehead atoms. The topological polar surface area (TPSA) is 0 Å². The fourth-order valence-corrected chi connectivity index (χ4v) is 0.958. The van der Waals surface area contributed by atoms with E-state index >= 15 is 0 Å². The molecule has 9 heavy (non-hydrogen) atoms. The van der Waals surface area contributed by atoms with E-state index in [4.69, 9.17) is 0 Å². The highest BCUT2D eigenvalue weighted by Crippen LogP contribution is 2.16. The van der Waals surface area contributed by atoms with Crippen LogP contribution in [0.5, 0.6) is 0 Å². The maximum absolute atomic E-state index is 2.28. The molecule has 0 saturated heterocycles. The molecule has 0 unspecified atom stereocenters. The van der Waals surface area contributed by atoms with Crippen LogP contribution in [0.1, 0.15) is 20.3 Å². The van der Waals surface area contributed by atoms with E-state index in [-0.39, 0.29) is 0 Å². The van der Waals surface area contributed by atoms with E-state index in [1.807, 2.05) is 0 Å². The largest absolute Gasteiger partial charge is 0.0946 e. The van der Waals surface area contributed by atoms with E-state index in [0.717, 1.165) is 6.42 Å². The SMILES string of the molecule is CC(C)C1=CC[CH+]C=C1. The zero-order valence-corrected chi connectivity index (χ0v) is 6.09. The molecule has 0 N–H and O–H groups in total. The van der Waals surface area contributed by atoms with Crippen LogP contribution in [-0.2, 0) is 0 Å². The fourth-order valence-electron chi connectivity index (χ4n) is 0.958. The first-order valence-corrected chi connectivity index (χ1v) is 3.50. The van der Waals surface area contributed by atoms with Crippen LogP contribution in [0.2, 0.25) is 0 Å². The summed E-state index contributed by atoms with van der Waals surface area (Å²) in [5, 5.41) is 0. The van der Waals surface area contributed by atoms with Gasteiger partial charge < -0.3 is 0 Å². The molecule has 48 valence electrons. The summed E-state index contributed by atoms with van der Waals surface area (Å²) in [5.41, 5.74) is 1.47. The molecule has 0 saturated carbocycles. The summed E-state index contributed by atoms with van der Waals surface area (Å²) in [5.74, 6) is 0.690. The van der Waals surface area contributed by atoms with Crippen molar-refractivity contribution >= 4 is 0 Å². The summed E-state index contributed by atoms with van der Waals surface area (Å²) in [7, 11) is 0. The first kappa shape index (κ1) is 6.47. The normalized spacial score (nSPS) is 17.4. The third-order valence-corrected chi connectivity index (χ3v) is 1.58. The zero-order valence-electron chi connectivity index (χ0n) is 6.09. The Hall–Kier alpha value is -0.650. The summed E-state index contributed by atoms with van der Waals surface area (Å²) in [4.78, 5) is 0. The molecule has 0 spiro atoms. The molecule has 1 rings (SSSR count). The average molecular weight is 121 g/mol. The third kappa shape index (κ3) is 1.63. The molecule has 0 aromatic heterocycles. The molecule has 0 aromatic rings. The molecular formula is C9H13+. The average Bonchev–Trinajstić information content (AvgIpc) is 1.90. The predicted octanol–water partition coefficient (Wildman–Crippen LogP) is 2.73. The molecule has 0 fully saturated rings. The van der Waals surface area contributed by atoms with Gasteiger partial charge in [0.1, 0.15) is 0 Å². The monoisotopic (exact) mass is 121 g/mol. The van der Waals surface area contributed by atoms with E-state index in [1.165, 1.54) is 5.57 Å². The van der Waals surface area contributed by atoms with Crippen molar-refractivity contribution in [2.45, 2.75) is 20.3 Å². The minimum atomic E-state index is 0.690. The minimum Gasteiger partial charge on any atom is -0.0569 e. The van der Waals surface area contributed by atoms with E-state index in [0.29, 0.717) is 5.92 Å². The van der Waals surface area contributed by atoms with E-state index in [1.54, 1.807) is 0 Å². The maximum Gasteiger partial charge on any atom is 0.0946 e. The quantitative estimate of drug-likeness (QED) is 0.468. The van der Waals surface area contributed by atoms with Crippen LogP contribution in [0.15, 0.2) is 23.8 Å². The third-order valence-electron chi connectivity index (χ3n) is 1.58. The standard InChI is InChI=1S/C9H13/c1-8(2)9-6-4-3-5-7-9/h3-4,6-8H,5H2,1-2H3/q+1. The lowest BCUT2D eigenvalue weighted by molar-refractivity contribution is 0.783. The van der Waals surface area contributed by atoms with Crippen molar-refractivity contribution in [2.75, 3.05) is 0 Å². The van der Waals surface area contributed by atoms with Crippen molar-refractivity contribution in [3.63, 3.8) is 0 Å². The maximum atomic E-state index is 2.28. The summed E-state index contributed by atoms with van der Waals surface area (Å²) in [6.45, 7) is 4.45. The Bertz CT molecular complexity index is 138. The van der Waals surface area contributed by atoms with Gasteiger partial charge in [-0.3, -0.25) is 0 Å². The smallest absolute Gasteiger partial charge is 0.0569 e. The van der Waals surface area contributed by atoms with Crippen LogP contribution in [0.4, 0.5) is 0 Å². The highest BCUT2D eigenvalue weighted by atomic mass is 14.1. The highest BCUT2D eigenvalue weighted by molar-refractivity contribution is 5.27. The van der Waals surface area contributed by atoms with Gasteiger partial charge >= 0.3 is 0 Å². The van der Waals surface area contributed by atoms with Gasteiger partial charge in [0, 0.05) is 12.0 Å². The lowest BCUT2D eigenvalue weighted by Gasteiger charge is -2.02. The van der Waals surface area contributed by atoms with Gasteiger partial charge in [-0.2, -0.15) is 0 Å². The van der Waals surface area contributed by atoms with Crippen LogP contribution in [0.25, 0.3) is 0 Å². The van der Waals surface area contributed by atoms with Gasteiger partial charge in [0.05, 0.1) is 18.6 Å². The Morgan fingerprint density at radius 3 is 2.67 bits per heavy atom. The Morgan fingerprint density at radius 2 is 2.33 bits per heavy atom. The molecule has 0 aliphatic heterocycles. The predicted molar refractivity (Wildman–Crippen MR) is 41.0 cm³/mol. The number of hydrogen-bond acceptors (Lipinski definition) is 0. The molecule has 0 aromatic carbocycles. The van der Waals surface area contributed by atoms with Gasteiger partial charge in [0.2, 0.25) is 0 Å². The van der Waals surface area contributed by atoms with Gasteiger partial charge in [0.15, 0.2) is 0 Å². The molecule has 0 heterocycles. The summed E-state index contributed by atoms with van der Waals surface area (Å²) in [6, 6.07) is 0. The second-order valence-corrected chi connectivity index (χ2v) is 2.69. The molecule has 0 radical (unpaired) electrons. The fraction of sp³-hybridized carbons (Fsp3) is 0.444. The van der Waals surface area contributed by atoms with Gasteiger partial charge in [-0.1, -0.05) is 13.8 Å². The molecule has 1 aliphatic rings. The van der Waals surface area contributed by atoms with Gasteiger partial charge in [-0.25, -0.2) is 0 Å². The van der Waals surface area contributed by atoms with Crippen molar-refractivity contribution in [3.05, 3.63) is 30.2 Å². The van der Waals surface area contributed by atoms with Gasteiger partial charge in [-0.15, -0.1) is 0 Å². The first-order valence-electron chi connectivity index (χ1n) is 3.50. The Kier molecular flexibility index (Phi) is 1.99. The van der Waals surface area contributed by atoms with E-state index in [2.05, 4.69) is 38.5 Å². The van der Waals surface area contributed by atoms with Crippen molar-refractivity contribution in [3.8, 4) is 0 Å². The summed E-state index contributed by atoms with van der Waals surface area (Å²) in [6.07, 6.45) is 9.89. The van der Waals surface area contributed by atoms with E-state index in [9.17, 15) is 0 Å². The van der Waals surface area contributed by atoms with Crippen molar-refractivity contribution in [1.82, 2.24) is 0 Å². The van der Waals surface area contributed by atoms with E-state index < -0.39 is 0 Å². The molecule has 0 atom stereocenters. The second-order valence-electron chi connectivity index (χ2n) is 2.69. The first-order chi connectivity index (χ1) is 4.30. The number of allylic oxidation sites excluding steroid dienone is 4. The molecular weight excluding hydrogens is 108 g/mol. The zero-order chi connectivity index (χ0) is 6.69. The van der Waals surface area contributed by atoms with Crippen LogP contribution in [0, 0.1) is 12.3 Å². The second kappa shape index (κ2) is 2.77. The van der Waals surface area contributed by atoms with Gasteiger partial charge in [0.25, 0.3) is 0 Å². The highest BCUT2D eigenvalue weighted by Gasteiger charge is 2.06. The molecule has 0 heteroatoms. The molecule has 1 aliphatic carbocycles. The van der Waals surface area contributed by atoms with Crippen LogP contribution < -0.4 is 0 Å². The molecule has 0 amide bonds. The number of rotatable bonds is 1. The lowest BCUT2D eigenvalue weighted by atomic mass is 9.97. The molecule has 0 nitrogen and oxygen atoms in total. The van der Waals surface area contributed by atoms with Gasteiger partial charge in [-0.05, 0) is 12.0 Å². The Morgan fingerprint density at radius 1 is 1.56 bits per heavy atom. The summed E-state index contributed by atoms with van der Waals surface area (Å²) < 4.78 is 0. The Balaban J connectivity index is 2.58. The van der Waals surface area contributed by atoms with Crippen molar-refractivity contribution < 1.29 is 0 Å². The van der Waals surface area contributed by atoms with Crippen molar-refractivity contribution in [2.24, 2.45) is 5.92 Å². The van der Waals surface area contributed by atoms with Crippen molar-refractivity contribution in [1.29, 1.82) is 0 Å². The Labute approximate surface area is 57.3 Å². The van der Waals surface area contributed by atoms with Crippen LogP contribution in [0.3, 0.4) is 0 Å². The van der Waals surface area contributed by atoms with Crippen LogP contribution in [-0.4, -0.2) is 0 Å². The lowest BCUT2D eigenvalue weighted by Crippen LogP contribution is -1.93. The summed E-state index contributed by atoms with van der Waals surface area (Å²) >= 11 is 0. The minimum absolute atomic E-state index is 0.690.